The highest BCUT2D eigenvalue weighted by Crippen LogP contribution is 2.25. The molecule has 0 radical (unpaired) electrons. The molecule has 0 heterocycles. The number of nitrogens with two attached hydrogens (primary N) is 1. The van der Waals surface area contributed by atoms with E-state index < -0.39 is 5.91 Å². The SMILES string of the molecule is Cc1ccc(OCC(=O)Nc2ccc(C(N)=O)cc2)c(Br)c1. The number of anilines is 1. The van der Waals surface area contributed by atoms with Crippen molar-refractivity contribution in [2.75, 3.05) is 11.9 Å². The zero-order chi connectivity index (χ0) is 16.1. The molecule has 114 valence electrons. The number of hydrogen-bond acceptors (Lipinski definition) is 3. The number of amides is 2. The number of aryl methyl sites for hydroxylation is 1. The highest BCUT2D eigenvalue weighted by atomic mass is 79.9. The summed E-state index contributed by atoms with van der Waals surface area (Å²) in [6.07, 6.45) is 0. The molecule has 5 nitrogen and oxygen atoms in total. The van der Waals surface area contributed by atoms with E-state index >= 15 is 0 Å². The Kier molecular flexibility index (Phi) is 5.16. The van der Waals surface area contributed by atoms with Crippen molar-refractivity contribution in [2.45, 2.75) is 6.92 Å². The minimum Gasteiger partial charge on any atom is -0.483 e. The van der Waals surface area contributed by atoms with Gasteiger partial charge in [-0.3, -0.25) is 9.59 Å². The van der Waals surface area contributed by atoms with E-state index in [1.165, 1.54) is 0 Å². The summed E-state index contributed by atoms with van der Waals surface area (Å²) >= 11 is 3.39. The van der Waals surface area contributed by atoms with Gasteiger partial charge in [0.25, 0.3) is 5.91 Å². The summed E-state index contributed by atoms with van der Waals surface area (Å²) in [5.41, 5.74) is 7.20. The minimum atomic E-state index is -0.509. The van der Waals surface area contributed by atoms with Crippen LogP contribution in [0.1, 0.15) is 15.9 Å². The van der Waals surface area contributed by atoms with Crippen LogP contribution in [-0.4, -0.2) is 18.4 Å². The molecule has 0 aliphatic rings. The van der Waals surface area contributed by atoms with Gasteiger partial charge in [-0.25, -0.2) is 0 Å². The van der Waals surface area contributed by atoms with Crippen LogP contribution in [0, 0.1) is 6.92 Å². The first kappa shape index (κ1) is 16.0. The maximum absolute atomic E-state index is 11.8. The first-order valence-electron chi connectivity index (χ1n) is 6.54. The third-order valence-electron chi connectivity index (χ3n) is 2.90. The molecule has 2 amide bonds. The van der Waals surface area contributed by atoms with Crippen LogP contribution in [0.2, 0.25) is 0 Å². The Morgan fingerprint density at radius 3 is 2.45 bits per heavy atom. The molecule has 22 heavy (non-hydrogen) atoms. The molecular formula is C16H15BrN2O3. The molecule has 0 saturated carbocycles. The van der Waals surface area contributed by atoms with Crippen LogP contribution < -0.4 is 15.8 Å². The zero-order valence-electron chi connectivity index (χ0n) is 11.9. The van der Waals surface area contributed by atoms with Gasteiger partial charge in [0.2, 0.25) is 5.91 Å². The van der Waals surface area contributed by atoms with Gasteiger partial charge in [-0.05, 0) is 64.8 Å². The average molecular weight is 363 g/mol. The molecule has 0 unspecified atom stereocenters. The lowest BCUT2D eigenvalue weighted by molar-refractivity contribution is -0.118. The molecule has 0 bridgehead atoms. The molecule has 0 fully saturated rings. The van der Waals surface area contributed by atoms with Crippen LogP contribution in [-0.2, 0) is 4.79 Å². The van der Waals surface area contributed by atoms with E-state index in [0.29, 0.717) is 17.0 Å². The zero-order valence-corrected chi connectivity index (χ0v) is 13.5. The number of nitrogens with one attached hydrogen (secondary N) is 1. The molecule has 0 atom stereocenters. The Hall–Kier alpha value is -2.34. The second-order valence-corrected chi connectivity index (χ2v) is 5.57. The van der Waals surface area contributed by atoms with Gasteiger partial charge in [-0.1, -0.05) is 6.07 Å². The van der Waals surface area contributed by atoms with Gasteiger partial charge in [0.15, 0.2) is 6.61 Å². The maximum Gasteiger partial charge on any atom is 0.262 e. The number of benzene rings is 2. The standard InChI is InChI=1S/C16H15BrN2O3/c1-10-2-7-14(13(17)8-10)22-9-15(20)19-12-5-3-11(4-6-12)16(18)21/h2-8H,9H2,1H3,(H2,18,21)(H,19,20). The fourth-order valence-electron chi connectivity index (χ4n) is 1.78. The van der Waals surface area contributed by atoms with Crippen LogP contribution in [0.4, 0.5) is 5.69 Å². The third-order valence-corrected chi connectivity index (χ3v) is 3.52. The Morgan fingerprint density at radius 1 is 1.18 bits per heavy atom. The van der Waals surface area contributed by atoms with Crippen molar-refractivity contribution in [3.05, 3.63) is 58.1 Å². The summed E-state index contributed by atoms with van der Waals surface area (Å²) < 4.78 is 6.25. The second kappa shape index (κ2) is 7.09. The lowest BCUT2D eigenvalue weighted by atomic mass is 10.2. The van der Waals surface area contributed by atoms with Crippen LogP contribution in [0.25, 0.3) is 0 Å². The lowest BCUT2D eigenvalue weighted by Gasteiger charge is -2.09. The van der Waals surface area contributed by atoms with Gasteiger partial charge in [0, 0.05) is 11.3 Å². The van der Waals surface area contributed by atoms with Crippen molar-refractivity contribution < 1.29 is 14.3 Å². The summed E-state index contributed by atoms with van der Waals surface area (Å²) in [6, 6.07) is 11.9. The van der Waals surface area contributed by atoms with Gasteiger partial charge in [0.1, 0.15) is 5.75 Å². The van der Waals surface area contributed by atoms with Crippen molar-refractivity contribution >= 4 is 33.4 Å². The summed E-state index contributed by atoms with van der Waals surface area (Å²) in [5, 5.41) is 2.68. The topological polar surface area (TPSA) is 81.4 Å². The Labute approximate surface area is 136 Å². The number of rotatable bonds is 5. The molecule has 0 aliphatic carbocycles. The van der Waals surface area contributed by atoms with Crippen LogP contribution >= 0.6 is 15.9 Å². The number of halogens is 1. The van der Waals surface area contributed by atoms with Crippen molar-refractivity contribution in [1.29, 1.82) is 0 Å². The lowest BCUT2D eigenvalue weighted by Crippen LogP contribution is -2.20. The monoisotopic (exact) mass is 362 g/mol. The highest BCUT2D eigenvalue weighted by Gasteiger charge is 2.07. The van der Waals surface area contributed by atoms with Crippen molar-refractivity contribution in [1.82, 2.24) is 0 Å². The fraction of sp³-hybridized carbons (Fsp3) is 0.125. The normalized spacial score (nSPS) is 10.1. The molecular weight excluding hydrogens is 348 g/mol. The van der Waals surface area contributed by atoms with Crippen molar-refractivity contribution in [3.63, 3.8) is 0 Å². The number of carbonyl (C=O) groups is 2. The number of carbonyl (C=O) groups excluding carboxylic acids is 2. The average Bonchev–Trinajstić information content (AvgIpc) is 2.47. The summed E-state index contributed by atoms with van der Waals surface area (Å²) in [7, 11) is 0. The molecule has 2 rings (SSSR count). The fourth-order valence-corrected chi connectivity index (χ4v) is 2.39. The van der Waals surface area contributed by atoms with E-state index in [-0.39, 0.29) is 12.5 Å². The van der Waals surface area contributed by atoms with Crippen LogP contribution in [0.5, 0.6) is 5.75 Å². The molecule has 6 heteroatoms. The summed E-state index contributed by atoms with van der Waals surface area (Å²) in [5.74, 6) is -0.199. The van der Waals surface area contributed by atoms with E-state index in [1.807, 2.05) is 19.1 Å². The number of primary amides is 1. The summed E-state index contributed by atoms with van der Waals surface area (Å²) in [6.45, 7) is 1.86. The second-order valence-electron chi connectivity index (χ2n) is 4.71. The third kappa shape index (κ3) is 4.33. The summed E-state index contributed by atoms with van der Waals surface area (Å²) in [4.78, 5) is 22.8. The molecule has 3 N–H and O–H groups in total. The minimum absolute atomic E-state index is 0.112. The Balaban J connectivity index is 1.91. The van der Waals surface area contributed by atoms with Gasteiger partial charge in [0.05, 0.1) is 4.47 Å². The van der Waals surface area contributed by atoms with Gasteiger partial charge in [-0.2, -0.15) is 0 Å². The molecule has 0 saturated heterocycles. The predicted octanol–water partition coefficient (Wildman–Crippen LogP) is 2.87. The van der Waals surface area contributed by atoms with E-state index in [9.17, 15) is 9.59 Å². The quantitative estimate of drug-likeness (QED) is 0.857. The predicted molar refractivity (Wildman–Crippen MR) is 88.0 cm³/mol. The molecule has 2 aromatic carbocycles. The number of ether oxygens (including phenoxy) is 1. The molecule has 0 spiro atoms. The molecule has 0 aromatic heterocycles. The van der Waals surface area contributed by atoms with Gasteiger partial charge < -0.3 is 15.8 Å². The first-order valence-corrected chi connectivity index (χ1v) is 7.33. The van der Waals surface area contributed by atoms with Crippen LogP contribution in [0.3, 0.4) is 0 Å². The maximum atomic E-state index is 11.8. The molecule has 2 aromatic rings. The van der Waals surface area contributed by atoms with Gasteiger partial charge >= 0.3 is 0 Å². The van der Waals surface area contributed by atoms with E-state index in [4.69, 9.17) is 10.5 Å². The Morgan fingerprint density at radius 2 is 1.86 bits per heavy atom. The first-order chi connectivity index (χ1) is 10.5. The van der Waals surface area contributed by atoms with E-state index in [1.54, 1.807) is 30.3 Å². The molecule has 0 aliphatic heterocycles. The van der Waals surface area contributed by atoms with Crippen molar-refractivity contribution in [2.24, 2.45) is 5.73 Å². The van der Waals surface area contributed by atoms with E-state index in [2.05, 4.69) is 21.2 Å². The Bertz CT molecular complexity index is 699. The smallest absolute Gasteiger partial charge is 0.262 e. The van der Waals surface area contributed by atoms with Crippen molar-refractivity contribution in [3.8, 4) is 5.75 Å². The van der Waals surface area contributed by atoms with E-state index in [0.717, 1.165) is 10.0 Å². The van der Waals surface area contributed by atoms with Crippen LogP contribution in [0.15, 0.2) is 46.9 Å². The largest absolute Gasteiger partial charge is 0.483 e. The van der Waals surface area contributed by atoms with Gasteiger partial charge in [-0.15, -0.1) is 0 Å². The number of hydrogen-bond donors (Lipinski definition) is 2. The highest BCUT2D eigenvalue weighted by molar-refractivity contribution is 9.10.